The molecular weight excluding hydrogens is 184 g/mol. The van der Waals surface area contributed by atoms with Gasteiger partial charge in [-0.05, 0) is 12.1 Å². The lowest BCUT2D eigenvalue weighted by molar-refractivity contribution is -0.114. The Kier molecular flexibility index (Phi) is 3.17. The van der Waals surface area contributed by atoms with Gasteiger partial charge in [-0.15, -0.1) is 0 Å². The van der Waals surface area contributed by atoms with Crippen LogP contribution in [0.25, 0.3) is 0 Å². The minimum atomic E-state index is -0.459. The molecule has 1 amide bonds. The molecule has 5 nitrogen and oxygen atoms in total. The molecule has 5 heteroatoms. The Morgan fingerprint density at radius 3 is 2.79 bits per heavy atom. The van der Waals surface area contributed by atoms with E-state index in [0.29, 0.717) is 11.4 Å². The molecule has 1 aromatic rings. The number of carbonyl (C=O) groups excluding carboxylic acids is 2. The van der Waals surface area contributed by atoms with Crippen LogP contribution < -0.4 is 5.32 Å². The Bertz CT molecular complexity index is 363. The fourth-order valence-corrected chi connectivity index (χ4v) is 0.924. The summed E-state index contributed by atoms with van der Waals surface area (Å²) >= 11 is 0. The second-order valence-electron chi connectivity index (χ2n) is 2.60. The fourth-order valence-electron chi connectivity index (χ4n) is 0.924. The van der Waals surface area contributed by atoms with Gasteiger partial charge in [0.25, 0.3) is 0 Å². The van der Waals surface area contributed by atoms with Gasteiger partial charge in [0.15, 0.2) is 0 Å². The number of amides is 1. The Balaban J connectivity index is 2.89. The van der Waals surface area contributed by atoms with E-state index in [1.807, 2.05) is 0 Å². The molecule has 0 radical (unpaired) electrons. The minimum absolute atomic E-state index is 0.237. The lowest BCUT2D eigenvalue weighted by atomic mass is 10.2. The molecule has 1 N–H and O–H groups in total. The van der Waals surface area contributed by atoms with Crippen LogP contribution in [0.5, 0.6) is 0 Å². The van der Waals surface area contributed by atoms with Crippen LogP contribution in [-0.4, -0.2) is 24.0 Å². The van der Waals surface area contributed by atoms with Crippen LogP contribution in [0.4, 0.5) is 5.82 Å². The van der Waals surface area contributed by atoms with E-state index in [4.69, 9.17) is 0 Å². The number of nitrogens with one attached hydrogen (secondary N) is 1. The average Bonchev–Trinajstić information content (AvgIpc) is 2.16. The minimum Gasteiger partial charge on any atom is -0.465 e. The van der Waals surface area contributed by atoms with Gasteiger partial charge >= 0.3 is 5.97 Å². The predicted molar refractivity (Wildman–Crippen MR) is 49.9 cm³/mol. The maximum Gasteiger partial charge on any atom is 0.338 e. The van der Waals surface area contributed by atoms with Crippen molar-refractivity contribution in [3.8, 4) is 0 Å². The number of nitrogens with zero attached hydrogens (tertiary/aromatic N) is 1. The van der Waals surface area contributed by atoms with Crippen molar-refractivity contribution >= 4 is 17.7 Å². The first-order valence-electron chi connectivity index (χ1n) is 3.95. The molecule has 74 valence electrons. The Morgan fingerprint density at radius 1 is 1.50 bits per heavy atom. The third-order valence-electron chi connectivity index (χ3n) is 1.49. The SMILES string of the molecule is COC(=O)c1ccnc(NC(C)=O)c1. The molecule has 1 rings (SSSR count). The van der Waals surface area contributed by atoms with E-state index in [1.54, 1.807) is 0 Å². The Labute approximate surface area is 81.1 Å². The van der Waals surface area contributed by atoms with Crippen LogP contribution in [0.2, 0.25) is 0 Å². The molecule has 0 aliphatic heterocycles. The summed E-state index contributed by atoms with van der Waals surface area (Å²) in [4.78, 5) is 25.6. The van der Waals surface area contributed by atoms with Crippen molar-refractivity contribution in [3.05, 3.63) is 23.9 Å². The summed E-state index contributed by atoms with van der Waals surface area (Å²) in [6.45, 7) is 1.37. The van der Waals surface area contributed by atoms with Gasteiger partial charge in [-0.2, -0.15) is 0 Å². The number of esters is 1. The molecule has 0 bridgehead atoms. The van der Waals surface area contributed by atoms with E-state index in [2.05, 4.69) is 15.0 Å². The van der Waals surface area contributed by atoms with Gasteiger partial charge in [0, 0.05) is 13.1 Å². The van der Waals surface area contributed by atoms with E-state index < -0.39 is 5.97 Å². The molecule has 0 saturated carbocycles. The normalized spacial score (nSPS) is 9.29. The van der Waals surface area contributed by atoms with Crippen molar-refractivity contribution in [3.63, 3.8) is 0 Å². The van der Waals surface area contributed by atoms with Crippen LogP contribution in [-0.2, 0) is 9.53 Å². The lowest BCUT2D eigenvalue weighted by Crippen LogP contribution is -2.09. The van der Waals surface area contributed by atoms with Crippen LogP contribution in [0.1, 0.15) is 17.3 Å². The topological polar surface area (TPSA) is 68.3 Å². The number of aromatic nitrogens is 1. The third kappa shape index (κ3) is 2.55. The highest BCUT2D eigenvalue weighted by atomic mass is 16.5. The van der Waals surface area contributed by atoms with Gasteiger partial charge in [-0.25, -0.2) is 9.78 Å². The van der Waals surface area contributed by atoms with Crippen LogP contribution >= 0.6 is 0 Å². The zero-order valence-corrected chi connectivity index (χ0v) is 7.90. The van der Waals surface area contributed by atoms with Crippen molar-refractivity contribution in [2.45, 2.75) is 6.92 Å². The second kappa shape index (κ2) is 4.36. The van der Waals surface area contributed by atoms with Gasteiger partial charge in [0.1, 0.15) is 5.82 Å². The highest BCUT2D eigenvalue weighted by Gasteiger charge is 2.06. The monoisotopic (exact) mass is 194 g/mol. The van der Waals surface area contributed by atoms with Gasteiger partial charge < -0.3 is 10.1 Å². The van der Waals surface area contributed by atoms with Crippen molar-refractivity contribution in [2.24, 2.45) is 0 Å². The standard InChI is InChI=1S/C9H10N2O3/c1-6(12)11-8-5-7(3-4-10-8)9(13)14-2/h3-5H,1-2H3,(H,10,11,12). The molecule has 0 unspecified atom stereocenters. The van der Waals surface area contributed by atoms with Crippen LogP contribution in [0, 0.1) is 0 Å². The first-order chi connectivity index (χ1) is 6.63. The molecule has 1 heterocycles. The molecule has 0 saturated heterocycles. The number of carbonyl (C=O) groups is 2. The summed E-state index contributed by atoms with van der Waals surface area (Å²) in [6.07, 6.45) is 1.43. The molecule has 0 aliphatic rings. The molecule has 0 aliphatic carbocycles. The number of methoxy groups -OCH3 is 1. The van der Waals surface area contributed by atoms with Gasteiger partial charge in [0.05, 0.1) is 12.7 Å². The maximum atomic E-state index is 11.1. The quantitative estimate of drug-likeness (QED) is 0.708. The number of anilines is 1. The van der Waals surface area contributed by atoms with E-state index in [0.717, 1.165) is 0 Å². The average molecular weight is 194 g/mol. The Morgan fingerprint density at radius 2 is 2.21 bits per heavy atom. The first-order valence-corrected chi connectivity index (χ1v) is 3.95. The molecule has 14 heavy (non-hydrogen) atoms. The molecular formula is C9H10N2O3. The Hall–Kier alpha value is -1.91. The summed E-state index contributed by atoms with van der Waals surface area (Å²) in [7, 11) is 1.29. The van der Waals surface area contributed by atoms with E-state index in [9.17, 15) is 9.59 Å². The summed E-state index contributed by atoms with van der Waals surface area (Å²) in [5.41, 5.74) is 0.353. The van der Waals surface area contributed by atoms with E-state index >= 15 is 0 Å². The van der Waals surface area contributed by atoms with Crippen molar-refractivity contribution in [1.82, 2.24) is 4.98 Å². The number of pyridine rings is 1. The summed E-state index contributed by atoms with van der Waals surface area (Å²) in [5, 5.41) is 2.47. The van der Waals surface area contributed by atoms with Gasteiger partial charge in [-0.3, -0.25) is 4.79 Å². The zero-order chi connectivity index (χ0) is 10.6. The molecule has 1 aromatic heterocycles. The van der Waals surface area contributed by atoms with Crippen LogP contribution in [0.15, 0.2) is 18.3 Å². The van der Waals surface area contributed by atoms with E-state index in [-0.39, 0.29) is 5.91 Å². The van der Waals surface area contributed by atoms with Crippen molar-refractivity contribution in [1.29, 1.82) is 0 Å². The first kappa shape index (κ1) is 10.2. The second-order valence-corrected chi connectivity index (χ2v) is 2.60. The summed E-state index contributed by atoms with van der Waals surface area (Å²) in [5.74, 6) is -0.362. The molecule has 0 fully saturated rings. The van der Waals surface area contributed by atoms with Gasteiger partial charge in [0.2, 0.25) is 5.91 Å². The van der Waals surface area contributed by atoms with Gasteiger partial charge in [-0.1, -0.05) is 0 Å². The largest absolute Gasteiger partial charge is 0.465 e. The fraction of sp³-hybridized carbons (Fsp3) is 0.222. The number of ether oxygens (including phenoxy) is 1. The smallest absolute Gasteiger partial charge is 0.338 e. The van der Waals surface area contributed by atoms with Crippen molar-refractivity contribution < 1.29 is 14.3 Å². The van der Waals surface area contributed by atoms with Crippen LogP contribution in [0.3, 0.4) is 0 Å². The highest BCUT2D eigenvalue weighted by molar-refractivity contribution is 5.92. The predicted octanol–water partition coefficient (Wildman–Crippen LogP) is 0.827. The number of rotatable bonds is 2. The number of hydrogen-bond donors (Lipinski definition) is 1. The zero-order valence-electron chi connectivity index (χ0n) is 7.90. The lowest BCUT2D eigenvalue weighted by Gasteiger charge is -2.02. The van der Waals surface area contributed by atoms with Crippen molar-refractivity contribution in [2.75, 3.05) is 12.4 Å². The summed E-state index contributed by atoms with van der Waals surface area (Å²) in [6, 6.07) is 2.96. The third-order valence-corrected chi connectivity index (χ3v) is 1.49. The summed E-state index contributed by atoms with van der Waals surface area (Å²) < 4.78 is 4.52. The molecule has 0 spiro atoms. The molecule has 0 aromatic carbocycles. The highest BCUT2D eigenvalue weighted by Crippen LogP contribution is 2.07. The molecule has 0 atom stereocenters. The maximum absolute atomic E-state index is 11.1. The number of hydrogen-bond acceptors (Lipinski definition) is 4. The van der Waals surface area contributed by atoms with E-state index in [1.165, 1.54) is 32.4 Å².